The number of sulfonamides is 1. The highest BCUT2D eigenvalue weighted by Crippen LogP contribution is 2.55. The fourth-order valence-electron chi connectivity index (χ4n) is 7.60. The van der Waals surface area contributed by atoms with Crippen LogP contribution in [0.4, 0.5) is 5.69 Å². The summed E-state index contributed by atoms with van der Waals surface area (Å²) in [5.74, 6) is -0.128. The Morgan fingerprint density at radius 2 is 1.61 bits per heavy atom. The minimum absolute atomic E-state index is 0.0154. The van der Waals surface area contributed by atoms with Gasteiger partial charge in [0.1, 0.15) is 22.1 Å². The van der Waals surface area contributed by atoms with Crippen LogP contribution in [0.5, 0.6) is 17.2 Å². The van der Waals surface area contributed by atoms with Gasteiger partial charge in [0, 0.05) is 49.4 Å². The molecule has 0 bridgehead atoms. The van der Waals surface area contributed by atoms with Crippen LogP contribution < -0.4 is 18.5 Å². The molecule has 3 aromatic carbocycles. The topological polar surface area (TPSA) is 109 Å². The van der Waals surface area contributed by atoms with Crippen molar-refractivity contribution in [1.29, 1.82) is 0 Å². The Balaban J connectivity index is 1.60. The molecule has 11 nitrogen and oxygen atoms in total. The lowest BCUT2D eigenvalue weighted by Gasteiger charge is -2.42. The zero-order valence-electron chi connectivity index (χ0n) is 28.6. The van der Waals surface area contributed by atoms with E-state index in [4.69, 9.17) is 25.8 Å². The Bertz CT molecular complexity index is 1860. The summed E-state index contributed by atoms with van der Waals surface area (Å²) in [5, 5.41) is 0.313. The number of ether oxygens (including phenoxy) is 3. The van der Waals surface area contributed by atoms with Crippen molar-refractivity contribution in [2.24, 2.45) is 0 Å². The lowest BCUT2D eigenvalue weighted by atomic mass is 9.80. The minimum atomic E-state index is -4.60. The number of fused-ring (bicyclic) bond motifs is 1. The van der Waals surface area contributed by atoms with Gasteiger partial charge in [0.25, 0.3) is 15.9 Å². The largest absolute Gasteiger partial charge is 0.497 e. The number of hydrogen-bond acceptors (Lipinski definition) is 9. The molecule has 0 saturated carbocycles. The minimum Gasteiger partial charge on any atom is -0.497 e. The highest BCUT2D eigenvalue weighted by molar-refractivity contribution is 7.93. The number of carbonyl (C=O) groups excluding carboxylic acids is 2. The van der Waals surface area contributed by atoms with E-state index >= 15 is 4.79 Å². The van der Waals surface area contributed by atoms with Gasteiger partial charge < -0.3 is 19.1 Å². The average molecular weight is 711 g/mol. The van der Waals surface area contributed by atoms with Gasteiger partial charge in [-0.25, -0.2) is 12.7 Å². The zero-order chi connectivity index (χ0) is 35.1. The summed E-state index contributed by atoms with van der Waals surface area (Å²) in [6.07, 6.45) is 4.60. The molecule has 3 aliphatic heterocycles. The van der Waals surface area contributed by atoms with Crippen molar-refractivity contribution in [2.75, 3.05) is 59.4 Å². The summed E-state index contributed by atoms with van der Waals surface area (Å²) in [7, 11) is 3.11. The molecule has 49 heavy (non-hydrogen) atoms. The van der Waals surface area contributed by atoms with E-state index in [-0.39, 0.29) is 22.2 Å². The number of carbonyl (C=O) groups is 2. The third-order valence-electron chi connectivity index (χ3n) is 9.87. The first-order chi connectivity index (χ1) is 23.5. The van der Waals surface area contributed by atoms with Crippen molar-refractivity contribution in [3.63, 3.8) is 0 Å². The van der Waals surface area contributed by atoms with Crippen LogP contribution in [0.1, 0.15) is 48.8 Å². The summed E-state index contributed by atoms with van der Waals surface area (Å²) in [4.78, 5) is 34.9. The van der Waals surface area contributed by atoms with Crippen LogP contribution in [0.25, 0.3) is 0 Å². The standard InChI is InChI=1S/C36H43ClN4O7S/c1-38(2)34(42)30-10-9-19-40(30)36(27-14-11-24(20-31(27)47-4)23-39-17-7-6-8-18-39)28-21-25(37)12-15-29(28)41(35(36)43)49(44,45)33-16-13-26(46-3)22-32(33)48-5/h11-16,20-22,30H,6-10,17-19,23H2,1-5H3/t30?,36-/m1/s1. The van der Waals surface area contributed by atoms with Crippen molar-refractivity contribution in [3.05, 3.63) is 76.3 Å². The number of benzene rings is 3. The molecule has 6 rings (SSSR count). The third kappa shape index (κ3) is 5.92. The normalized spacial score (nSPS) is 21.5. The molecule has 0 spiro atoms. The maximum Gasteiger partial charge on any atom is 0.274 e. The molecule has 0 N–H and O–H groups in total. The molecular formula is C36H43ClN4O7S. The molecule has 0 aromatic heterocycles. The van der Waals surface area contributed by atoms with Crippen LogP contribution in [0.3, 0.4) is 0 Å². The van der Waals surface area contributed by atoms with Crippen molar-refractivity contribution in [2.45, 2.75) is 55.1 Å². The number of nitrogens with zero attached hydrogens (tertiary/aromatic N) is 4. The van der Waals surface area contributed by atoms with Crippen LogP contribution in [0.15, 0.2) is 59.5 Å². The molecule has 3 aliphatic rings. The highest BCUT2D eigenvalue weighted by Gasteiger charge is 2.63. The van der Waals surface area contributed by atoms with Crippen LogP contribution in [0, 0.1) is 0 Å². The molecule has 0 aliphatic carbocycles. The number of halogens is 1. The molecular weight excluding hydrogens is 668 g/mol. The maximum atomic E-state index is 15.5. The van der Waals surface area contributed by atoms with E-state index in [1.807, 2.05) is 23.1 Å². The molecule has 2 atom stereocenters. The number of likely N-dealkylation sites (tertiary alicyclic amines) is 2. The Kier molecular flexibility index (Phi) is 9.87. The zero-order valence-corrected chi connectivity index (χ0v) is 30.1. The second kappa shape index (κ2) is 13.8. The number of anilines is 1. The molecule has 13 heteroatoms. The van der Waals surface area contributed by atoms with E-state index < -0.39 is 27.5 Å². The van der Waals surface area contributed by atoms with Gasteiger partial charge in [-0.05, 0) is 80.7 Å². The predicted octanol–water partition coefficient (Wildman–Crippen LogP) is 4.88. The lowest BCUT2D eigenvalue weighted by Crippen LogP contribution is -2.59. The molecule has 1 unspecified atom stereocenters. The van der Waals surface area contributed by atoms with Crippen molar-refractivity contribution >= 4 is 39.1 Å². The van der Waals surface area contributed by atoms with Crippen molar-refractivity contribution < 1.29 is 32.2 Å². The summed E-state index contributed by atoms with van der Waals surface area (Å²) in [6, 6.07) is 14.1. The van der Waals surface area contributed by atoms with E-state index in [9.17, 15) is 13.2 Å². The Hall–Kier alpha value is -3.84. The number of methoxy groups -OCH3 is 3. The van der Waals surface area contributed by atoms with E-state index in [1.54, 1.807) is 39.4 Å². The SMILES string of the molecule is COc1ccc(S(=O)(=O)N2C(=O)[C@](c3ccc(CN4CCCCC4)cc3OC)(N3CCCC3C(=O)N(C)C)c3cc(Cl)ccc32)c(OC)c1. The van der Waals surface area contributed by atoms with Crippen LogP contribution >= 0.6 is 11.6 Å². The van der Waals surface area contributed by atoms with E-state index in [0.717, 1.165) is 35.8 Å². The summed E-state index contributed by atoms with van der Waals surface area (Å²) in [5.41, 5.74) is 0.138. The molecule has 3 aromatic rings. The van der Waals surface area contributed by atoms with Gasteiger partial charge in [-0.2, -0.15) is 0 Å². The predicted molar refractivity (Wildman–Crippen MR) is 187 cm³/mol. The first-order valence-corrected chi connectivity index (χ1v) is 18.3. The average Bonchev–Trinajstić information content (AvgIpc) is 3.69. The highest BCUT2D eigenvalue weighted by atomic mass is 35.5. The second-order valence-corrected chi connectivity index (χ2v) is 15.1. The molecule has 262 valence electrons. The molecule has 3 heterocycles. The summed E-state index contributed by atoms with van der Waals surface area (Å²) < 4.78 is 47.2. The molecule has 0 radical (unpaired) electrons. The smallest absolute Gasteiger partial charge is 0.274 e. The molecule has 2 amide bonds. The fourth-order valence-corrected chi connectivity index (χ4v) is 9.37. The van der Waals surface area contributed by atoms with Gasteiger partial charge >= 0.3 is 0 Å². The lowest BCUT2D eigenvalue weighted by molar-refractivity contribution is -0.138. The van der Waals surface area contributed by atoms with Crippen LogP contribution in [0.2, 0.25) is 5.02 Å². The Morgan fingerprint density at radius 3 is 2.29 bits per heavy atom. The quantitative estimate of drug-likeness (QED) is 0.291. The van der Waals surface area contributed by atoms with Crippen molar-refractivity contribution in [3.8, 4) is 17.2 Å². The monoisotopic (exact) mass is 710 g/mol. The summed E-state index contributed by atoms with van der Waals surface area (Å²) >= 11 is 6.67. The molecule has 2 fully saturated rings. The fraction of sp³-hybridized carbons (Fsp3) is 0.444. The number of likely N-dealkylation sites (N-methyl/N-ethyl adjacent to an activating group) is 1. The van der Waals surface area contributed by atoms with Crippen LogP contribution in [-0.4, -0.2) is 96.0 Å². The Morgan fingerprint density at radius 1 is 0.878 bits per heavy atom. The third-order valence-corrected chi connectivity index (χ3v) is 11.8. The number of hydrogen-bond donors (Lipinski definition) is 0. The van der Waals surface area contributed by atoms with Gasteiger partial charge in [0.2, 0.25) is 5.91 Å². The number of piperidine rings is 1. The Labute approximate surface area is 293 Å². The summed E-state index contributed by atoms with van der Waals surface area (Å²) in [6.45, 7) is 3.06. The van der Waals surface area contributed by atoms with Gasteiger partial charge in [-0.3, -0.25) is 19.4 Å². The van der Waals surface area contributed by atoms with Gasteiger partial charge in [-0.15, -0.1) is 0 Å². The van der Waals surface area contributed by atoms with Crippen molar-refractivity contribution in [1.82, 2.24) is 14.7 Å². The number of rotatable bonds is 10. The van der Waals surface area contributed by atoms with E-state index in [0.29, 0.717) is 53.6 Å². The van der Waals surface area contributed by atoms with Gasteiger partial charge in [-0.1, -0.05) is 30.2 Å². The number of amides is 2. The maximum absolute atomic E-state index is 15.5. The second-order valence-electron chi connectivity index (χ2n) is 12.9. The first-order valence-electron chi connectivity index (χ1n) is 16.5. The van der Waals surface area contributed by atoms with Gasteiger partial charge in [0.05, 0.1) is 33.1 Å². The molecule has 2 saturated heterocycles. The van der Waals surface area contributed by atoms with Crippen LogP contribution in [-0.2, 0) is 31.7 Å². The van der Waals surface area contributed by atoms with E-state index in [2.05, 4.69) is 4.90 Å². The van der Waals surface area contributed by atoms with Gasteiger partial charge in [0.15, 0.2) is 5.54 Å². The van der Waals surface area contributed by atoms with E-state index in [1.165, 1.54) is 43.7 Å². The first kappa shape index (κ1) is 35.0.